The van der Waals surface area contributed by atoms with Crippen molar-refractivity contribution < 1.29 is 18.3 Å². The molecule has 4 heterocycles. The van der Waals surface area contributed by atoms with E-state index in [1.165, 1.54) is 22.4 Å². The van der Waals surface area contributed by atoms with Gasteiger partial charge in [0.15, 0.2) is 11.6 Å². The quantitative estimate of drug-likeness (QED) is 0.377. The first-order valence-corrected chi connectivity index (χ1v) is 14.9. The Kier molecular flexibility index (Phi) is 6.96. The first kappa shape index (κ1) is 27.7. The lowest BCUT2D eigenvalue weighted by Gasteiger charge is -2.41. The normalized spacial score (nSPS) is 24.5. The molecular weight excluding hydrogens is 552 g/mol. The zero-order chi connectivity index (χ0) is 29.8. The summed E-state index contributed by atoms with van der Waals surface area (Å²) in [5.74, 6) is -0.811. The molecule has 0 N–H and O–H groups in total. The highest BCUT2D eigenvalue weighted by molar-refractivity contribution is 5.93. The number of carbonyl (C=O) groups is 1. The molecule has 9 nitrogen and oxygen atoms in total. The summed E-state index contributed by atoms with van der Waals surface area (Å²) in [4.78, 5) is 31.8. The molecule has 4 aliphatic rings. The third-order valence-corrected chi connectivity index (χ3v) is 9.58. The van der Waals surface area contributed by atoms with Crippen molar-refractivity contribution in [2.24, 2.45) is 5.92 Å². The van der Waals surface area contributed by atoms with Gasteiger partial charge in [-0.25, -0.2) is 8.78 Å². The van der Waals surface area contributed by atoms with Gasteiger partial charge in [0.2, 0.25) is 0 Å². The summed E-state index contributed by atoms with van der Waals surface area (Å²) >= 11 is 0. The zero-order valence-electron chi connectivity index (χ0n) is 24.1. The Labute approximate surface area is 248 Å². The SMILES string of the molecule is C=C(F)C(=O)N1CCN(c2nc(OC[C@@H]3CCCN3C)nc3c(F)c(-c4cccc5c4CC4CC54)ncc23)C[C@@H]1CC#N. The Bertz CT molecular complexity index is 1670. The van der Waals surface area contributed by atoms with Gasteiger partial charge >= 0.3 is 6.01 Å². The van der Waals surface area contributed by atoms with Crippen molar-refractivity contribution in [1.29, 1.82) is 5.26 Å². The van der Waals surface area contributed by atoms with E-state index in [1.54, 1.807) is 6.20 Å². The van der Waals surface area contributed by atoms with E-state index in [0.717, 1.165) is 31.4 Å². The molecule has 7 rings (SSSR count). The van der Waals surface area contributed by atoms with Gasteiger partial charge in [-0.15, -0.1) is 0 Å². The van der Waals surface area contributed by atoms with E-state index >= 15 is 4.39 Å². The molecular formula is C32H33F2N7O2. The number of hydrogen-bond donors (Lipinski definition) is 0. The maximum Gasteiger partial charge on any atom is 0.319 e. The van der Waals surface area contributed by atoms with Crippen LogP contribution in [0.5, 0.6) is 6.01 Å². The van der Waals surface area contributed by atoms with E-state index in [0.29, 0.717) is 29.6 Å². The summed E-state index contributed by atoms with van der Waals surface area (Å²) in [6.07, 6.45) is 5.80. The molecule has 2 aromatic heterocycles. The maximum atomic E-state index is 16.5. The highest BCUT2D eigenvalue weighted by Crippen LogP contribution is 2.57. The fourth-order valence-corrected chi connectivity index (χ4v) is 7.14. The van der Waals surface area contributed by atoms with Crippen LogP contribution in [0, 0.1) is 23.1 Å². The van der Waals surface area contributed by atoms with Crippen LogP contribution in [0.4, 0.5) is 14.6 Å². The molecule has 11 heteroatoms. The summed E-state index contributed by atoms with van der Waals surface area (Å²) in [5.41, 5.74) is 3.63. The van der Waals surface area contributed by atoms with Crippen LogP contribution in [0.1, 0.15) is 42.7 Å². The molecule has 1 aromatic carbocycles. The second-order valence-electron chi connectivity index (χ2n) is 12.1. The van der Waals surface area contributed by atoms with Crippen LogP contribution in [-0.2, 0) is 11.2 Å². The van der Waals surface area contributed by atoms with Gasteiger partial charge in [-0.2, -0.15) is 15.2 Å². The van der Waals surface area contributed by atoms with Crippen molar-refractivity contribution in [2.75, 3.05) is 44.7 Å². The van der Waals surface area contributed by atoms with E-state index in [9.17, 15) is 14.4 Å². The minimum atomic E-state index is -1.07. The molecule has 0 radical (unpaired) electrons. The minimum Gasteiger partial charge on any atom is -0.462 e. The van der Waals surface area contributed by atoms with Gasteiger partial charge in [-0.3, -0.25) is 9.78 Å². The van der Waals surface area contributed by atoms with Crippen LogP contribution in [0.25, 0.3) is 22.2 Å². The number of anilines is 1. The van der Waals surface area contributed by atoms with E-state index in [4.69, 9.17) is 9.72 Å². The summed E-state index contributed by atoms with van der Waals surface area (Å²) in [5, 5.41) is 9.86. The molecule has 4 atom stereocenters. The number of nitrogens with zero attached hydrogens (tertiary/aromatic N) is 7. The second kappa shape index (κ2) is 10.8. The molecule has 1 saturated carbocycles. The lowest BCUT2D eigenvalue weighted by atomic mass is 9.96. The molecule has 43 heavy (non-hydrogen) atoms. The van der Waals surface area contributed by atoms with Crippen molar-refractivity contribution in [1.82, 2.24) is 24.8 Å². The third kappa shape index (κ3) is 4.87. The summed E-state index contributed by atoms with van der Waals surface area (Å²) < 4.78 is 36.4. The third-order valence-electron chi connectivity index (χ3n) is 9.58. The van der Waals surface area contributed by atoms with Gasteiger partial charge in [0, 0.05) is 37.4 Å². The largest absolute Gasteiger partial charge is 0.462 e. The number of likely N-dealkylation sites (N-methyl/N-ethyl adjacent to an activating group) is 1. The number of nitriles is 1. The minimum absolute atomic E-state index is 0.00618. The van der Waals surface area contributed by atoms with Crippen LogP contribution in [0.15, 0.2) is 36.8 Å². The van der Waals surface area contributed by atoms with E-state index in [2.05, 4.69) is 40.6 Å². The number of fused-ring (bicyclic) bond motifs is 4. The van der Waals surface area contributed by atoms with Gasteiger partial charge in [-0.1, -0.05) is 24.8 Å². The fourth-order valence-electron chi connectivity index (χ4n) is 7.14. The Hall–Kier alpha value is -4.17. The molecule has 2 unspecified atom stereocenters. The number of halogens is 2. The van der Waals surface area contributed by atoms with Crippen LogP contribution in [0.3, 0.4) is 0 Å². The number of likely N-dealkylation sites (tertiary alicyclic amines) is 1. The van der Waals surface area contributed by atoms with Gasteiger partial charge < -0.3 is 19.4 Å². The summed E-state index contributed by atoms with van der Waals surface area (Å²) in [6.45, 7) is 5.13. The highest BCUT2D eigenvalue weighted by Gasteiger charge is 2.46. The number of hydrogen-bond acceptors (Lipinski definition) is 8. The van der Waals surface area contributed by atoms with Crippen molar-refractivity contribution >= 4 is 22.6 Å². The fraction of sp³-hybridized carbons (Fsp3) is 0.469. The molecule has 3 fully saturated rings. The van der Waals surface area contributed by atoms with Crippen LogP contribution in [0.2, 0.25) is 0 Å². The summed E-state index contributed by atoms with van der Waals surface area (Å²) in [7, 11) is 2.05. The lowest BCUT2D eigenvalue weighted by Crippen LogP contribution is -2.55. The van der Waals surface area contributed by atoms with E-state index in [1.807, 2.05) is 17.0 Å². The molecule has 0 spiro atoms. The zero-order valence-corrected chi connectivity index (χ0v) is 24.1. The monoisotopic (exact) mass is 585 g/mol. The Balaban J connectivity index is 1.29. The summed E-state index contributed by atoms with van der Waals surface area (Å²) in [6, 6.07) is 7.80. The molecule has 2 aliphatic carbocycles. The van der Waals surface area contributed by atoms with Gasteiger partial charge in [0.25, 0.3) is 5.91 Å². The highest BCUT2D eigenvalue weighted by atomic mass is 19.1. The van der Waals surface area contributed by atoms with Crippen molar-refractivity contribution in [3.63, 3.8) is 0 Å². The predicted molar refractivity (Wildman–Crippen MR) is 157 cm³/mol. The molecule has 1 amide bonds. The topological polar surface area (TPSA) is 98.5 Å². The van der Waals surface area contributed by atoms with Gasteiger partial charge in [0.05, 0.1) is 23.9 Å². The molecule has 3 aromatic rings. The number of rotatable bonds is 7. The van der Waals surface area contributed by atoms with Gasteiger partial charge in [0.1, 0.15) is 23.6 Å². The van der Waals surface area contributed by atoms with Crippen molar-refractivity contribution in [3.8, 4) is 23.3 Å². The number of piperazine rings is 1. The molecule has 222 valence electrons. The first-order chi connectivity index (χ1) is 20.8. The van der Waals surface area contributed by atoms with Crippen molar-refractivity contribution in [3.05, 3.63) is 53.7 Å². The number of aromatic nitrogens is 3. The van der Waals surface area contributed by atoms with E-state index in [-0.39, 0.29) is 49.3 Å². The average molecular weight is 586 g/mol. The maximum absolute atomic E-state index is 16.5. The smallest absolute Gasteiger partial charge is 0.319 e. The van der Waals surface area contributed by atoms with Crippen LogP contribution in [-0.4, -0.2) is 82.6 Å². The number of amides is 1. The molecule has 2 saturated heterocycles. The number of benzene rings is 1. The average Bonchev–Trinajstić information content (AvgIpc) is 3.50. The number of ether oxygens (including phenoxy) is 1. The Morgan fingerprint density at radius 1 is 1.23 bits per heavy atom. The molecule has 2 aliphatic heterocycles. The Morgan fingerprint density at radius 3 is 2.86 bits per heavy atom. The van der Waals surface area contributed by atoms with Gasteiger partial charge in [-0.05, 0) is 62.2 Å². The van der Waals surface area contributed by atoms with Crippen LogP contribution >= 0.6 is 0 Å². The lowest BCUT2D eigenvalue weighted by molar-refractivity contribution is -0.131. The number of pyridine rings is 1. The van der Waals surface area contributed by atoms with Crippen molar-refractivity contribution in [2.45, 2.75) is 50.1 Å². The predicted octanol–water partition coefficient (Wildman–Crippen LogP) is 4.38. The standard InChI is InChI=1S/C32H33F2N7O2/c1-18(33)31(42)41-12-11-40(16-20(41)8-9-35)30-26-15-36-28(23-7-3-6-22-24-13-19(24)14-25(22)23)27(34)29(26)37-32(38-30)43-17-21-5-4-10-39(21)2/h3,6-7,15,19-21,24H,1,4-5,8,10-14,16-17H2,2H3/t19?,20-,21-,24?/m0/s1. The van der Waals surface area contributed by atoms with E-state index < -0.39 is 23.6 Å². The Morgan fingerprint density at radius 2 is 2.09 bits per heavy atom. The number of carbonyl (C=O) groups excluding carboxylic acids is 1. The van der Waals surface area contributed by atoms with Crippen LogP contribution < -0.4 is 9.64 Å². The first-order valence-electron chi connectivity index (χ1n) is 14.9. The second-order valence-corrected chi connectivity index (χ2v) is 12.1. The molecule has 0 bridgehead atoms.